The Morgan fingerprint density at radius 2 is 1.91 bits per heavy atom. The molecule has 0 bridgehead atoms. The van der Waals surface area contributed by atoms with Crippen molar-refractivity contribution in [3.63, 3.8) is 0 Å². The second-order valence-electron chi connectivity index (χ2n) is 5.10. The SMILES string of the molecule is CCCCC(CN)NC(=O)c1ccccc1NS(=O)(=O)CC.Cl. The van der Waals surface area contributed by atoms with Crippen molar-refractivity contribution in [2.45, 2.75) is 39.2 Å². The third-order valence-corrected chi connectivity index (χ3v) is 4.63. The lowest BCUT2D eigenvalue weighted by atomic mass is 10.1. The molecule has 1 unspecified atom stereocenters. The molecule has 132 valence electrons. The molecule has 0 radical (unpaired) electrons. The number of nitrogens with two attached hydrogens (primary N) is 1. The van der Waals surface area contributed by atoms with E-state index in [0.29, 0.717) is 12.1 Å². The lowest BCUT2D eigenvalue weighted by molar-refractivity contribution is 0.0936. The van der Waals surface area contributed by atoms with E-state index in [9.17, 15) is 13.2 Å². The predicted octanol–water partition coefficient (Wildman–Crippen LogP) is 2.12. The Morgan fingerprint density at radius 3 is 2.48 bits per heavy atom. The maximum Gasteiger partial charge on any atom is 0.253 e. The molecule has 4 N–H and O–H groups in total. The third-order valence-electron chi connectivity index (χ3n) is 3.34. The first-order chi connectivity index (χ1) is 10.4. The van der Waals surface area contributed by atoms with Crippen LogP contribution in [0.2, 0.25) is 0 Å². The molecule has 1 aromatic carbocycles. The van der Waals surface area contributed by atoms with E-state index < -0.39 is 10.0 Å². The third kappa shape index (κ3) is 7.20. The average molecular weight is 364 g/mol. The van der Waals surface area contributed by atoms with E-state index in [-0.39, 0.29) is 35.8 Å². The number of halogens is 1. The fourth-order valence-electron chi connectivity index (χ4n) is 1.97. The van der Waals surface area contributed by atoms with Crippen LogP contribution in [0, 0.1) is 0 Å². The van der Waals surface area contributed by atoms with Crippen molar-refractivity contribution < 1.29 is 13.2 Å². The van der Waals surface area contributed by atoms with Crippen LogP contribution < -0.4 is 15.8 Å². The summed E-state index contributed by atoms with van der Waals surface area (Å²) in [6.07, 6.45) is 2.81. The molecule has 0 fully saturated rings. The summed E-state index contributed by atoms with van der Waals surface area (Å²) in [6, 6.07) is 6.44. The minimum atomic E-state index is -3.43. The van der Waals surface area contributed by atoms with Gasteiger partial charge < -0.3 is 11.1 Å². The van der Waals surface area contributed by atoms with Crippen LogP contribution in [0.4, 0.5) is 5.69 Å². The molecule has 0 aliphatic rings. The molecule has 0 aliphatic carbocycles. The van der Waals surface area contributed by atoms with Gasteiger partial charge in [0.25, 0.3) is 5.91 Å². The van der Waals surface area contributed by atoms with Crippen molar-refractivity contribution in [1.82, 2.24) is 5.32 Å². The quantitative estimate of drug-likeness (QED) is 0.625. The summed E-state index contributed by atoms with van der Waals surface area (Å²) < 4.78 is 25.8. The minimum absolute atomic E-state index is 0. The summed E-state index contributed by atoms with van der Waals surface area (Å²) in [5.41, 5.74) is 6.26. The van der Waals surface area contributed by atoms with Crippen molar-refractivity contribution >= 4 is 34.0 Å². The van der Waals surface area contributed by atoms with Crippen molar-refractivity contribution in [2.24, 2.45) is 5.73 Å². The Labute approximate surface area is 144 Å². The van der Waals surface area contributed by atoms with Gasteiger partial charge in [-0.05, 0) is 25.5 Å². The zero-order chi connectivity index (χ0) is 16.6. The standard InChI is InChI=1S/C15H25N3O3S.ClH/c1-3-5-8-12(11-16)17-15(19)13-9-6-7-10-14(13)18-22(20,21)4-2;/h6-7,9-10,12,18H,3-5,8,11,16H2,1-2H3,(H,17,19);1H. The number of carbonyl (C=O) groups excluding carboxylic acids is 1. The van der Waals surface area contributed by atoms with E-state index >= 15 is 0 Å². The molecule has 1 aromatic rings. The summed E-state index contributed by atoms with van der Waals surface area (Å²) in [5.74, 6) is -0.369. The molecule has 23 heavy (non-hydrogen) atoms. The van der Waals surface area contributed by atoms with Gasteiger partial charge in [0, 0.05) is 12.6 Å². The van der Waals surface area contributed by atoms with Crippen molar-refractivity contribution in [3.05, 3.63) is 29.8 Å². The Hall–Kier alpha value is -1.31. The first-order valence-corrected chi connectivity index (χ1v) is 9.19. The van der Waals surface area contributed by atoms with Crippen molar-refractivity contribution in [2.75, 3.05) is 17.0 Å². The van der Waals surface area contributed by atoms with Gasteiger partial charge in [-0.3, -0.25) is 9.52 Å². The minimum Gasteiger partial charge on any atom is -0.348 e. The maximum atomic E-state index is 12.4. The number of amides is 1. The molecular formula is C15H26ClN3O3S. The van der Waals surface area contributed by atoms with E-state index in [0.717, 1.165) is 19.3 Å². The lowest BCUT2D eigenvalue weighted by Crippen LogP contribution is -2.40. The highest BCUT2D eigenvalue weighted by Crippen LogP contribution is 2.17. The Kier molecular flexibility index (Phi) is 9.87. The predicted molar refractivity (Wildman–Crippen MR) is 96.6 cm³/mol. The van der Waals surface area contributed by atoms with Crippen LogP contribution in [0.15, 0.2) is 24.3 Å². The summed E-state index contributed by atoms with van der Waals surface area (Å²) >= 11 is 0. The molecule has 0 saturated carbocycles. The van der Waals surface area contributed by atoms with Gasteiger partial charge in [0.1, 0.15) is 0 Å². The molecule has 1 rings (SSSR count). The van der Waals surface area contributed by atoms with Crippen LogP contribution in [0.25, 0.3) is 0 Å². The van der Waals surface area contributed by atoms with Crippen LogP contribution in [0.1, 0.15) is 43.5 Å². The number of hydrogen-bond donors (Lipinski definition) is 3. The largest absolute Gasteiger partial charge is 0.348 e. The van der Waals surface area contributed by atoms with Gasteiger partial charge in [0.15, 0.2) is 0 Å². The van der Waals surface area contributed by atoms with Crippen LogP contribution in [-0.4, -0.2) is 32.7 Å². The number of unbranched alkanes of at least 4 members (excludes halogenated alkanes) is 1. The first-order valence-electron chi connectivity index (χ1n) is 7.54. The topological polar surface area (TPSA) is 101 Å². The van der Waals surface area contributed by atoms with E-state index in [1.165, 1.54) is 0 Å². The Morgan fingerprint density at radius 1 is 1.26 bits per heavy atom. The van der Waals surface area contributed by atoms with Gasteiger partial charge in [0.05, 0.1) is 17.0 Å². The van der Waals surface area contributed by atoms with Gasteiger partial charge in [-0.2, -0.15) is 0 Å². The van der Waals surface area contributed by atoms with Crippen LogP contribution >= 0.6 is 12.4 Å². The molecule has 6 nitrogen and oxygen atoms in total. The van der Waals surface area contributed by atoms with Gasteiger partial charge in [-0.25, -0.2) is 8.42 Å². The highest BCUT2D eigenvalue weighted by atomic mass is 35.5. The number of sulfonamides is 1. The Bertz CT molecular complexity index is 593. The summed E-state index contributed by atoms with van der Waals surface area (Å²) in [5, 5.41) is 2.86. The number of benzene rings is 1. The second-order valence-corrected chi connectivity index (χ2v) is 7.11. The van der Waals surface area contributed by atoms with Gasteiger partial charge in [-0.15, -0.1) is 12.4 Å². The van der Waals surface area contributed by atoms with Gasteiger partial charge >= 0.3 is 0 Å². The number of carbonyl (C=O) groups is 1. The van der Waals surface area contributed by atoms with Crippen LogP contribution in [0.3, 0.4) is 0 Å². The molecule has 1 amide bonds. The van der Waals surface area contributed by atoms with Crippen LogP contribution in [-0.2, 0) is 10.0 Å². The monoisotopic (exact) mass is 363 g/mol. The highest BCUT2D eigenvalue weighted by molar-refractivity contribution is 7.92. The zero-order valence-electron chi connectivity index (χ0n) is 13.5. The zero-order valence-corrected chi connectivity index (χ0v) is 15.2. The molecule has 1 atom stereocenters. The fourth-order valence-corrected chi connectivity index (χ4v) is 2.63. The molecule has 0 saturated heterocycles. The second kappa shape index (κ2) is 10.5. The molecular weight excluding hydrogens is 338 g/mol. The lowest BCUT2D eigenvalue weighted by Gasteiger charge is -2.18. The maximum absolute atomic E-state index is 12.4. The van der Waals surface area contributed by atoms with Gasteiger partial charge in [0.2, 0.25) is 10.0 Å². The van der Waals surface area contributed by atoms with Crippen molar-refractivity contribution in [3.8, 4) is 0 Å². The van der Waals surface area contributed by atoms with E-state index in [4.69, 9.17) is 5.73 Å². The number of rotatable bonds is 9. The summed E-state index contributed by atoms with van der Waals surface area (Å²) in [6.45, 7) is 3.97. The summed E-state index contributed by atoms with van der Waals surface area (Å²) in [7, 11) is -3.43. The van der Waals surface area contributed by atoms with Crippen LogP contribution in [0.5, 0.6) is 0 Å². The normalized spacial score (nSPS) is 12.1. The molecule has 0 heterocycles. The Balaban J connectivity index is 0.00000484. The number of anilines is 1. The average Bonchev–Trinajstić information content (AvgIpc) is 2.51. The van der Waals surface area contributed by atoms with E-state index in [1.54, 1.807) is 31.2 Å². The van der Waals surface area contributed by atoms with E-state index in [2.05, 4.69) is 17.0 Å². The van der Waals surface area contributed by atoms with E-state index in [1.807, 2.05) is 0 Å². The molecule has 0 aliphatic heterocycles. The number of hydrogen-bond acceptors (Lipinski definition) is 4. The molecule has 0 spiro atoms. The van der Waals surface area contributed by atoms with Gasteiger partial charge in [-0.1, -0.05) is 31.9 Å². The molecule has 0 aromatic heterocycles. The highest BCUT2D eigenvalue weighted by Gasteiger charge is 2.17. The summed E-state index contributed by atoms with van der Waals surface area (Å²) in [4.78, 5) is 12.4. The fraction of sp³-hybridized carbons (Fsp3) is 0.533. The smallest absolute Gasteiger partial charge is 0.253 e. The first kappa shape index (κ1) is 21.7. The number of para-hydroxylation sites is 1. The van der Waals surface area contributed by atoms with Crippen molar-refractivity contribution in [1.29, 1.82) is 0 Å². The number of nitrogens with one attached hydrogen (secondary N) is 2. The molecule has 8 heteroatoms.